The van der Waals surface area contributed by atoms with Crippen molar-refractivity contribution in [2.24, 2.45) is 0 Å². The maximum atomic E-state index is 13.4. The molecule has 0 radical (unpaired) electrons. The predicted octanol–water partition coefficient (Wildman–Crippen LogP) is 3.38. The van der Waals surface area contributed by atoms with Gasteiger partial charge in [-0.15, -0.1) is 0 Å². The number of allylic oxidation sites excluding steroid dienone is 1. The summed E-state index contributed by atoms with van der Waals surface area (Å²) in [7, 11) is -4.36. The maximum Gasteiger partial charge on any atom is 0.335 e. The molecule has 33 heavy (non-hydrogen) atoms. The van der Waals surface area contributed by atoms with Gasteiger partial charge in [0.05, 0.1) is 17.0 Å². The average molecular weight is 463 g/mol. The van der Waals surface area contributed by atoms with E-state index in [0.717, 1.165) is 0 Å². The van der Waals surface area contributed by atoms with E-state index in [-0.39, 0.29) is 27.1 Å². The molecule has 3 aromatic carbocycles. The van der Waals surface area contributed by atoms with Crippen LogP contribution in [0.15, 0.2) is 89.5 Å². The number of hydrogen-bond donors (Lipinski definition) is 2. The molecular weight excluding hydrogens is 446 g/mol. The van der Waals surface area contributed by atoms with Crippen LogP contribution in [0.25, 0.3) is 5.76 Å². The van der Waals surface area contributed by atoms with Gasteiger partial charge in [0, 0.05) is 16.7 Å². The average Bonchev–Trinajstić information content (AvgIpc) is 2.83. The number of sulfonamides is 1. The van der Waals surface area contributed by atoms with Gasteiger partial charge in [-0.3, -0.25) is 13.9 Å². The first-order valence-corrected chi connectivity index (χ1v) is 11.2. The molecule has 0 fully saturated rings. The van der Waals surface area contributed by atoms with Gasteiger partial charge in [0.15, 0.2) is 11.5 Å². The molecule has 166 valence electrons. The topological polar surface area (TPSA) is 129 Å². The van der Waals surface area contributed by atoms with E-state index in [9.17, 15) is 27.9 Å². The van der Waals surface area contributed by atoms with Gasteiger partial charge in [-0.2, -0.15) is 0 Å². The Morgan fingerprint density at radius 1 is 0.758 bits per heavy atom. The van der Waals surface area contributed by atoms with E-state index in [1.54, 1.807) is 18.2 Å². The van der Waals surface area contributed by atoms with Crippen molar-refractivity contribution < 1.29 is 33.0 Å². The normalized spacial score (nSPS) is 16.1. The van der Waals surface area contributed by atoms with Gasteiger partial charge in [0.1, 0.15) is 5.70 Å². The fraction of sp³-hybridized carbons (Fsp3) is 0.0417. The van der Waals surface area contributed by atoms with Gasteiger partial charge < -0.3 is 10.2 Å². The summed E-state index contributed by atoms with van der Waals surface area (Å²) in [6.45, 7) is -0.763. The number of rotatable bonds is 5. The monoisotopic (exact) mass is 463 g/mol. The number of aliphatic hydroxyl groups is 1. The van der Waals surface area contributed by atoms with Crippen LogP contribution in [0.3, 0.4) is 0 Å². The Bertz CT molecular complexity index is 1410. The van der Waals surface area contributed by atoms with E-state index in [4.69, 9.17) is 5.11 Å². The molecule has 0 aromatic heterocycles. The lowest BCUT2D eigenvalue weighted by atomic mass is 10.0. The summed E-state index contributed by atoms with van der Waals surface area (Å²) >= 11 is 0. The molecule has 0 unspecified atom stereocenters. The summed E-state index contributed by atoms with van der Waals surface area (Å²) < 4.78 is 27.4. The van der Waals surface area contributed by atoms with Crippen molar-refractivity contribution in [2.45, 2.75) is 4.90 Å². The summed E-state index contributed by atoms with van der Waals surface area (Å²) in [5, 5.41) is 19.9. The van der Waals surface area contributed by atoms with E-state index in [1.165, 1.54) is 60.7 Å². The highest BCUT2D eigenvalue weighted by Gasteiger charge is 2.42. The molecule has 0 aliphatic carbocycles. The summed E-state index contributed by atoms with van der Waals surface area (Å²) in [6, 6.07) is 18.5. The maximum absolute atomic E-state index is 13.4. The minimum absolute atomic E-state index is 0.0384. The second kappa shape index (κ2) is 8.36. The molecule has 4 rings (SSSR count). The molecule has 2 N–H and O–H groups in total. The Balaban J connectivity index is 1.85. The number of carboxylic acids is 1. The van der Waals surface area contributed by atoms with E-state index < -0.39 is 45.6 Å². The summed E-state index contributed by atoms with van der Waals surface area (Å²) in [5.74, 6) is -3.17. The standard InChI is InChI=1S/C24H17NO7S/c26-19(15-10-12-17(13-11-15)24(29)30)14-25-21(22(27)16-6-2-1-3-7-16)23(28)18-8-4-5-9-20(18)33(25,31)32/h1-13,27H,14H2,(H,29,30)/b22-21+. The number of aromatic carboxylic acids is 1. The molecular formula is C24H17NO7S. The van der Waals surface area contributed by atoms with Gasteiger partial charge in [0.2, 0.25) is 5.78 Å². The third kappa shape index (κ3) is 3.90. The first kappa shape index (κ1) is 22.0. The molecule has 0 spiro atoms. The van der Waals surface area contributed by atoms with Crippen molar-refractivity contribution in [1.29, 1.82) is 0 Å². The number of fused-ring (bicyclic) bond motifs is 1. The Hall–Kier alpha value is -4.24. The van der Waals surface area contributed by atoms with Crippen LogP contribution in [0, 0.1) is 0 Å². The minimum atomic E-state index is -4.36. The second-order valence-corrected chi connectivity index (χ2v) is 9.04. The number of carboxylic acid groups (broad SMARTS) is 1. The summed E-state index contributed by atoms with van der Waals surface area (Å²) in [4.78, 5) is 37.0. The van der Waals surface area contributed by atoms with E-state index in [1.807, 2.05) is 0 Å². The third-order valence-electron chi connectivity index (χ3n) is 5.18. The van der Waals surface area contributed by atoms with Crippen molar-refractivity contribution in [3.8, 4) is 0 Å². The molecule has 0 bridgehead atoms. The number of carbonyl (C=O) groups excluding carboxylic acids is 2. The van der Waals surface area contributed by atoms with Crippen molar-refractivity contribution in [3.63, 3.8) is 0 Å². The van der Waals surface area contributed by atoms with Crippen LogP contribution in [0.5, 0.6) is 0 Å². The number of hydrogen-bond acceptors (Lipinski definition) is 6. The first-order chi connectivity index (χ1) is 15.7. The SMILES string of the molecule is O=C(O)c1ccc(C(=O)CN2/C(=C(/O)c3ccccc3)C(=O)c3ccccc3S2(=O)=O)cc1. The molecule has 0 amide bonds. The summed E-state index contributed by atoms with van der Waals surface area (Å²) in [5.41, 5.74) is -0.415. The highest BCUT2D eigenvalue weighted by Crippen LogP contribution is 2.35. The fourth-order valence-electron chi connectivity index (χ4n) is 3.50. The molecule has 1 aliphatic rings. The molecule has 0 saturated carbocycles. The van der Waals surface area contributed by atoms with Crippen LogP contribution in [0.2, 0.25) is 0 Å². The molecule has 1 heterocycles. The van der Waals surface area contributed by atoms with Gasteiger partial charge in [0.25, 0.3) is 10.0 Å². The van der Waals surface area contributed by atoms with E-state index in [0.29, 0.717) is 4.31 Å². The minimum Gasteiger partial charge on any atom is -0.505 e. The van der Waals surface area contributed by atoms with E-state index >= 15 is 0 Å². The molecule has 0 saturated heterocycles. The van der Waals surface area contributed by atoms with Crippen molar-refractivity contribution in [1.82, 2.24) is 4.31 Å². The zero-order valence-corrected chi connectivity index (χ0v) is 17.8. The smallest absolute Gasteiger partial charge is 0.335 e. The number of benzene rings is 3. The van der Waals surface area contributed by atoms with Crippen LogP contribution < -0.4 is 0 Å². The Labute approximate surface area is 189 Å². The first-order valence-electron chi connectivity index (χ1n) is 9.73. The third-order valence-corrected chi connectivity index (χ3v) is 6.98. The van der Waals surface area contributed by atoms with Gasteiger partial charge in [-0.05, 0) is 24.3 Å². The Morgan fingerprint density at radius 2 is 1.33 bits per heavy atom. The van der Waals surface area contributed by atoms with Crippen LogP contribution in [0.4, 0.5) is 0 Å². The Kier molecular flexibility index (Phi) is 5.57. The van der Waals surface area contributed by atoms with E-state index in [2.05, 4.69) is 0 Å². The highest BCUT2D eigenvalue weighted by molar-refractivity contribution is 7.89. The lowest BCUT2D eigenvalue weighted by Gasteiger charge is -2.31. The highest BCUT2D eigenvalue weighted by atomic mass is 32.2. The Morgan fingerprint density at radius 3 is 1.97 bits per heavy atom. The van der Waals surface area contributed by atoms with Gasteiger partial charge in [-0.1, -0.05) is 54.6 Å². The molecule has 9 heteroatoms. The molecule has 8 nitrogen and oxygen atoms in total. The van der Waals surface area contributed by atoms with Crippen molar-refractivity contribution in [3.05, 3.63) is 107 Å². The zero-order valence-electron chi connectivity index (χ0n) is 17.0. The lowest BCUT2D eigenvalue weighted by Crippen LogP contribution is -2.42. The summed E-state index contributed by atoms with van der Waals surface area (Å²) in [6.07, 6.45) is 0. The van der Waals surface area contributed by atoms with Crippen LogP contribution in [-0.4, -0.2) is 47.0 Å². The van der Waals surface area contributed by atoms with Crippen molar-refractivity contribution >= 4 is 33.3 Å². The number of aliphatic hydroxyl groups excluding tert-OH is 1. The van der Waals surface area contributed by atoms with Crippen LogP contribution >= 0.6 is 0 Å². The fourth-order valence-corrected chi connectivity index (χ4v) is 5.13. The van der Waals surface area contributed by atoms with Gasteiger partial charge in [-0.25, -0.2) is 13.2 Å². The predicted molar refractivity (Wildman–Crippen MR) is 118 cm³/mol. The quantitative estimate of drug-likeness (QED) is 0.337. The number of nitrogens with zero attached hydrogens (tertiary/aromatic N) is 1. The number of ketones is 2. The molecule has 1 aliphatic heterocycles. The number of Topliss-reactive ketones (excluding diaryl/α,β-unsaturated/α-hetero) is 2. The lowest BCUT2D eigenvalue weighted by molar-refractivity contribution is 0.0696. The largest absolute Gasteiger partial charge is 0.505 e. The van der Waals surface area contributed by atoms with Gasteiger partial charge >= 0.3 is 5.97 Å². The van der Waals surface area contributed by atoms with Crippen molar-refractivity contribution in [2.75, 3.05) is 6.54 Å². The zero-order chi connectivity index (χ0) is 23.8. The van der Waals surface area contributed by atoms with Crippen LogP contribution in [0.1, 0.15) is 36.6 Å². The molecule has 3 aromatic rings. The number of carbonyl (C=O) groups is 3. The van der Waals surface area contributed by atoms with Crippen LogP contribution in [-0.2, 0) is 10.0 Å². The second-order valence-electron chi connectivity index (χ2n) is 7.21. The molecule has 0 atom stereocenters.